The number of aryl methyl sites for hydroxylation is 1. The molecular formula is C19H20N2O3. The number of hydrogen-bond acceptors (Lipinski definition) is 3. The van der Waals surface area contributed by atoms with Gasteiger partial charge in [-0.25, -0.2) is 0 Å². The first-order valence-corrected chi connectivity index (χ1v) is 8.12. The largest absolute Gasteiger partial charge is 0.482 e. The number of fused-ring (bicyclic) bond motifs is 1. The standard InChI is InChI=1S/C19H20N2O3/c1-2-3-4-13-5-8-15(9-6-13)20-19(23)14-7-10-16-17(11-14)24-12-18(22)21-16/h5-11H,2-4,12H2,1H3,(H,20,23)(H,21,22). The van der Waals surface area contributed by atoms with Crippen LogP contribution in [-0.4, -0.2) is 18.4 Å². The number of ether oxygens (including phenoxy) is 1. The van der Waals surface area contributed by atoms with Crippen LogP contribution in [0.2, 0.25) is 0 Å². The first kappa shape index (κ1) is 16.1. The quantitative estimate of drug-likeness (QED) is 0.883. The minimum Gasteiger partial charge on any atom is -0.482 e. The summed E-state index contributed by atoms with van der Waals surface area (Å²) in [6.45, 7) is 2.14. The third kappa shape index (κ3) is 3.74. The van der Waals surface area contributed by atoms with Gasteiger partial charge < -0.3 is 15.4 Å². The first-order chi connectivity index (χ1) is 11.7. The SMILES string of the molecule is CCCCc1ccc(NC(=O)c2ccc3c(c2)OCC(=O)N3)cc1. The Hall–Kier alpha value is -2.82. The third-order valence-corrected chi connectivity index (χ3v) is 3.91. The van der Waals surface area contributed by atoms with Gasteiger partial charge in [0.15, 0.2) is 6.61 Å². The monoisotopic (exact) mass is 324 g/mol. The van der Waals surface area contributed by atoms with E-state index >= 15 is 0 Å². The van der Waals surface area contributed by atoms with Crippen molar-refractivity contribution in [1.29, 1.82) is 0 Å². The zero-order valence-electron chi connectivity index (χ0n) is 13.6. The van der Waals surface area contributed by atoms with E-state index in [1.54, 1.807) is 18.2 Å². The van der Waals surface area contributed by atoms with Gasteiger partial charge in [0, 0.05) is 11.3 Å². The molecule has 0 aromatic heterocycles. The lowest BCUT2D eigenvalue weighted by atomic mass is 10.1. The normalized spacial score (nSPS) is 12.8. The van der Waals surface area contributed by atoms with Crippen LogP contribution in [0.3, 0.4) is 0 Å². The zero-order valence-corrected chi connectivity index (χ0v) is 13.6. The summed E-state index contributed by atoms with van der Waals surface area (Å²) in [5, 5.41) is 5.58. The van der Waals surface area contributed by atoms with Crippen LogP contribution in [0.4, 0.5) is 11.4 Å². The van der Waals surface area contributed by atoms with Crippen molar-refractivity contribution < 1.29 is 14.3 Å². The van der Waals surface area contributed by atoms with Crippen molar-refractivity contribution in [3.8, 4) is 5.75 Å². The number of benzene rings is 2. The topological polar surface area (TPSA) is 67.4 Å². The van der Waals surface area contributed by atoms with Crippen LogP contribution in [0.5, 0.6) is 5.75 Å². The van der Waals surface area contributed by atoms with E-state index in [-0.39, 0.29) is 18.4 Å². The molecule has 0 bridgehead atoms. The number of hydrogen-bond donors (Lipinski definition) is 2. The number of nitrogens with one attached hydrogen (secondary N) is 2. The van der Waals surface area contributed by atoms with Crippen LogP contribution in [-0.2, 0) is 11.2 Å². The van der Waals surface area contributed by atoms with E-state index < -0.39 is 0 Å². The molecule has 0 aliphatic carbocycles. The van der Waals surface area contributed by atoms with Gasteiger partial charge >= 0.3 is 0 Å². The van der Waals surface area contributed by atoms with E-state index in [0.717, 1.165) is 18.5 Å². The number of amides is 2. The van der Waals surface area contributed by atoms with Crippen LogP contribution in [0, 0.1) is 0 Å². The van der Waals surface area contributed by atoms with Gasteiger partial charge in [-0.15, -0.1) is 0 Å². The number of rotatable bonds is 5. The average Bonchev–Trinajstić information content (AvgIpc) is 2.60. The third-order valence-electron chi connectivity index (χ3n) is 3.91. The molecule has 24 heavy (non-hydrogen) atoms. The fourth-order valence-electron chi connectivity index (χ4n) is 2.55. The van der Waals surface area contributed by atoms with Crippen molar-refractivity contribution in [1.82, 2.24) is 0 Å². The maximum atomic E-state index is 12.4. The summed E-state index contributed by atoms with van der Waals surface area (Å²) in [6, 6.07) is 12.9. The molecule has 0 saturated carbocycles. The summed E-state index contributed by atoms with van der Waals surface area (Å²) in [7, 11) is 0. The predicted octanol–water partition coefficient (Wildman–Crippen LogP) is 3.61. The number of carbonyl (C=O) groups excluding carboxylic acids is 2. The molecule has 2 aromatic carbocycles. The van der Waals surface area contributed by atoms with Crippen LogP contribution in [0.1, 0.15) is 35.7 Å². The van der Waals surface area contributed by atoms with E-state index in [0.29, 0.717) is 17.0 Å². The van der Waals surface area contributed by atoms with E-state index in [1.807, 2.05) is 24.3 Å². The van der Waals surface area contributed by atoms with Crippen LogP contribution < -0.4 is 15.4 Å². The van der Waals surface area contributed by atoms with Crippen molar-refractivity contribution in [2.45, 2.75) is 26.2 Å². The molecule has 0 spiro atoms. The highest BCUT2D eigenvalue weighted by Gasteiger charge is 2.17. The molecule has 1 aliphatic heterocycles. The molecule has 1 heterocycles. The average molecular weight is 324 g/mol. The number of unbranched alkanes of at least 4 members (excludes halogenated alkanes) is 1. The van der Waals surface area contributed by atoms with Crippen molar-refractivity contribution in [2.75, 3.05) is 17.2 Å². The van der Waals surface area contributed by atoms with Crippen molar-refractivity contribution >= 4 is 23.2 Å². The summed E-state index contributed by atoms with van der Waals surface area (Å²) >= 11 is 0. The van der Waals surface area contributed by atoms with E-state index in [1.165, 1.54) is 12.0 Å². The minimum atomic E-state index is -0.209. The van der Waals surface area contributed by atoms with Crippen LogP contribution >= 0.6 is 0 Å². The number of anilines is 2. The number of carbonyl (C=O) groups is 2. The maximum Gasteiger partial charge on any atom is 0.262 e. The molecule has 3 rings (SSSR count). The molecule has 2 aromatic rings. The van der Waals surface area contributed by atoms with Crippen molar-refractivity contribution in [2.24, 2.45) is 0 Å². The highest BCUT2D eigenvalue weighted by Crippen LogP contribution is 2.28. The van der Waals surface area contributed by atoms with Gasteiger partial charge in [-0.05, 0) is 48.7 Å². The molecule has 5 heteroatoms. The van der Waals surface area contributed by atoms with Gasteiger partial charge in [0.25, 0.3) is 11.8 Å². The molecule has 5 nitrogen and oxygen atoms in total. The molecule has 0 unspecified atom stereocenters. The molecular weight excluding hydrogens is 304 g/mol. The van der Waals surface area contributed by atoms with E-state index in [2.05, 4.69) is 17.6 Å². The van der Waals surface area contributed by atoms with Gasteiger partial charge in [-0.3, -0.25) is 9.59 Å². The molecule has 0 fully saturated rings. The Kier molecular flexibility index (Phi) is 4.79. The second kappa shape index (κ2) is 7.17. The van der Waals surface area contributed by atoms with Gasteiger partial charge in [-0.2, -0.15) is 0 Å². The summed E-state index contributed by atoms with van der Waals surface area (Å²) in [5.41, 5.74) is 3.10. The molecule has 0 atom stereocenters. The molecule has 2 N–H and O–H groups in total. The summed E-state index contributed by atoms with van der Waals surface area (Å²) in [6.07, 6.45) is 3.38. The molecule has 1 aliphatic rings. The Morgan fingerprint density at radius 2 is 2.00 bits per heavy atom. The molecule has 124 valence electrons. The van der Waals surface area contributed by atoms with Gasteiger partial charge in [0.2, 0.25) is 0 Å². The van der Waals surface area contributed by atoms with Crippen molar-refractivity contribution in [3.05, 3.63) is 53.6 Å². The second-order valence-electron chi connectivity index (χ2n) is 5.80. The highest BCUT2D eigenvalue weighted by molar-refractivity contribution is 6.05. The second-order valence-corrected chi connectivity index (χ2v) is 5.80. The Bertz CT molecular complexity index is 754. The zero-order chi connectivity index (χ0) is 16.9. The lowest BCUT2D eigenvalue weighted by Crippen LogP contribution is -2.25. The van der Waals surface area contributed by atoms with Crippen LogP contribution in [0.25, 0.3) is 0 Å². The fraction of sp³-hybridized carbons (Fsp3) is 0.263. The minimum absolute atomic E-state index is 0.0305. The summed E-state index contributed by atoms with van der Waals surface area (Å²) in [5.74, 6) is 0.111. The van der Waals surface area contributed by atoms with Gasteiger partial charge in [-0.1, -0.05) is 25.5 Å². The first-order valence-electron chi connectivity index (χ1n) is 8.12. The van der Waals surface area contributed by atoms with E-state index in [9.17, 15) is 9.59 Å². The fourth-order valence-corrected chi connectivity index (χ4v) is 2.55. The lowest BCUT2D eigenvalue weighted by molar-refractivity contribution is -0.118. The predicted molar refractivity (Wildman–Crippen MR) is 93.6 cm³/mol. The maximum absolute atomic E-state index is 12.4. The van der Waals surface area contributed by atoms with E-state index in [4.69, 9.17) is 4.74 Å². The Morgan fingerprint density at radius 3 is 2.75 bits per heavy atom. The summed E-state index contributed by atoms with van der Waals surface area (Å²) < 4.78 is 5.34. The van der Waals surface area contributed by atoms with Gasteiger partial charge in [0.1, 0.15) is 5.75 Å². The lowest BCUT2D eigenvalue weighted by Gasteiger charge is -2.18. The Balaban J connectivity index is 1.67. The molecule has 0 radical (unpaired) electrons. The Morgan fingerprint density at radius 1 is 1.21 bits per heavy atom. The van der Waals surface area contributed by atoms with Crippen molar-refractivity contribution in [3.63, 3.8) is 0 Å². The van der Waals surface area contributed by atoms with Gasteiger partial charge in [0.05, 0.1) is 5.69 Å². The molecule has 2 amide bonds. The molecule has 0 saturated heterocycles. The highest BCUT2D eigenvalue weighted by atomic mass is 16.5. The summed E-state index contributed by atoms with van der Waals surface area (Å²) in [4.78, 5) is 23.6. The Labute approximate surface area is 141 Å². The smallest absolute Gasteiger partial charge is 0.262 e. The van der Waals surface area contributed by atoms with Crippen LogP contribution in [0.15, 0.2) is 42.5 Å².